The topological polar surface area (TPSA) is 59.0 Å². The van der Waals surface area contributed by atoms with Gasteiger partial charge in [0.25, 0.3) is 0 Å². The Bertz CT molecular complexity index is 898. The molecule has 4 rings (SSSR count). The van der Waals surface area contributed by atoms with Gasteiger partial charge in [-0.05, 0) is 56.0 Å². The molecule has 1 saturated carbocycles. The molecular formula is C19H23F3N4O. The molecule has 1 aliphatic carbocycles. The normalized spacial score (nSPS) is 24.3. The van der Waals surface area contributed by atoms with Crippen LogP contribution in [0.2, 0.25) is 0 Å². The Kier molecular flexibility index (Phi) is 4.03. The summed E-state index contributed by atoms with van der Waals surface area (Å²) in [6.07, 6.45) is -1.50. The molecule has 5 nitrogen and oxygen atoms in total. The first-order valence-corrected chi connectivity index (χ1v) is 9.18. The average Bonchev–Trinajstić information content (AvgIpc) is 3.06. The van der Waals surface area contributed by atoms with E-state index in [2.05, 4.69) is 15.6 Å². The van der Waals surface area contributed by atoms with E-state index in [1.54, 1.807) is 11.6 Å². The number of piperidine rings is 1. The van der Waals surface area contributed by atoms with Crippen LogP contribution in [-0.2, 0) is 24.6 Å². The molecule has 2 fully saturated rings. The maximum absolute atomic E-state index is 12.9. The van der Waals surface area contributed by atoms with Crippen molar-refractivity contribution in [2.75, 3.05) is 13.1 Å². The Hall–Kier alpha value is -2.09. The lowest BCUT2D eigenvalue weighted by Crippen LogP contribution is -2.38. The molecule has 2 N–H and O–H groups in total. The zero-order chi connectivity index (χ0) is 19.4. The number of alkyl halides is 3. The molecule has 2 heterocycles. The van der Waals surface area contributed by atoms with Crippen molar-refractivity contribution in [3.05, 3.63) is 29.6 Å². The number of halogens is 3. The third-order valence-corrected chi connectivity index (χ3v) is 6.51. The van der Waals surface area contributed by atoms with Crippen LogP contribution in [0.3, 0.4) is 0 Å². The van der Waals surface area contributed by atoms with E-state index in [9.17, 15) is 18.0 Å². The van der Waals surface area contributed by atoms with Crippen LogP contribution in [-0.4, -0.2) is 28.5 Å². The number of rotatable bonds is 3. The van der Waals surface area contributed by atoms with E-state index in [0.717, 1.165) is 44.5 Å². The summed E-state index contributed by atoms with van der Waals surface area (Å²) < 4.78 is 40.4. The highest BCUT2D eigenvalue weighted by atomic mass is 19.4. The number of benzene rings is 1. The van der Waals surface area contributed by atoms with Crippen molar-refractivity contribution < 1.29 is 18.0 Å². The summed E-state index contributed by atoms with van der Waals surface area (Å²) in [5.74, 6) is 0.550. The summed E-state index contributed by atoms with van der Waals surface area (Å²) in [7, 11) is 1.75. The van der Waals surface area contributed by atoms with Crippen molar-refractivity contribution in [3.63, 3.8) is 0 Å². The van der Waals surface area contributed by atoms with Gasteiger partial charge in [0.15, 0.2) is 0 Å². The van der Waals surface area contributed by atoms with Crippen LogP contribution in [0, 0.1) is 10.8 Å². The van der Waals surface area contributed by atoms with Crippen molar-refractivity contribution >= 4 is 16.9 Å². The molecule has 1 unspecified atom stereocenters. The molecule has 8 heteroatoms. The van der Waals surface area contributed by atoms with E-state index >= 15 is 0 Å². The number of nitrogens with one attached hydrogen (secondary N) is 2. The number of carbonyl (C=O) groups is 1. The standard InChI is InChI=1S/C19H23F3N4O/c1-17(11-18(17)5-7-23-8-6-18)16(27)24-10-15-25-13-9-12(19(20,21)22)3-4-14(13)26(15)2/h3-4,9,23H,5-8,10-11H2,1-2H3,(H,24,27). The predicted molar refractivity (Wildman–Crippen MR) is 94.8 cm³/mol. The van der Waals surface area contributed by atoms with Crippen molar-refractivity contribution in [3.8, 4) is 0 Å². The quantitative estimate of drug-likeness (QED) is 0.861. The molecule has 0 radical (unpaired) electrons. The van der Waals surface area contributed by atoms with Crippen LogP contribution < -0.4 is 10.6 Å². The SMILES string of the molecule is Cn1c(CNC(=O)C2(C)CC23CCNCC3)nc2cc(C(F)(F)F)ccc21. The van der Waals surface area contributed by atoms with E-state index < -0.39 is 11.7 Å². The number of nitrogens with zero attached hydrogens (tertiary/aromatic N) is 2. The van der Waals surface area contributed by atoms with E-state index in [1.165, 1.54) is 6.07 Å². The van der Waals surface area contributed by atoms with Crippen LogP contribution in [0.4, 0.5) is 13.2 Å². The van der Waals surface area contributed by atoms with Crippen molar-refractivity contribution in [1.82, 2.24) is 20.2 Å². The van der Waals surface area contributed by atoms with Gasteiger partial charge < -0.3 is 15.2 Å². The Morgan fingerprint density at radius 1 is 1.33 bits per heavy atom. The molecule has 1 aromatic carbocycles. The third kappa shape index (κ3) is 2.90. The third-order valence-electron chi connectivity index (χ3n) is 6.51. The smallest absolute Gasteiger partial charge is 0.348 e. The minimum atomic E-state index is -4.40. The summed E-state index contributed by atoms with van der Waals surface area (Å²) in [4.78, 5) is 17.1. The maximum Gasteiger partial charge on any atom is 0.416 e. The molecule has 1 aliphatic heterocycles. The van der Waals surface area contributed by atoms with Gasteiger partial charge >= 0.3 is 6.18 Å². The number of hydrogen-bond donors (Lipinski definition) is 2. The Morgan fingerprint density at radius 2 is 2.04 bits per heavy atom. The van der Waals surface area contributed by atoms with Crippen LogP contribution in [0.15, 0.2) is 18.2 Å². The second-order valence-electron chi connectivity index (χ2n) is 8.01. The van der Waals surface area contributed by atoms with Gasteiger partial charge in [-0.3, -0.25) is 4.79 Å². The van der Waals surface area contributed by atoms with Gasteiger partial charge in [-0.25, -0.2) is 4.98 Å². The van der Waals surface area contributed by atoms with Gasteiger partial charge in [0.1, 0.15) is 5.82 Å². The number of amides is 1. The second-order valence-corrected chi connectivity index (χ2v) is 8.01. The number of fused-ring (bicyclic) bond motifs is 1. The molecule has 146 valence electrons. The van der Waals surface area contributed by atoms with Gasteiger partial charge in [-0.2, -0.15) is 13.2 Å². The lowest BCUT2D eigenvalue weighted by molar-refractivity contribution is -0.137. The largest absolute Gasteiger partial charge is 0.416 e. The monoisotopic (exact) mass is 380 g/mol. The Morgan fingerprint density at radius 3 is 2.70 bits per heavy atom. The minimum absolute atomic E-state index is 0.00689. The summed E-state index contributed by atoms with van der Waals surface area (Å²) >= 11 is 0. The first-order chi connectivity index (χ1) is 12.7. The molecule has 1 atom stereocenters. The summed E-state index contributed by atoms with van der Waals surface area (Å²) in [6, 6.07) is 3.52. The molecular weight excluding hydrogens is 357 g/mol. The van der Waals surface area contributed by atoms with E-state index in [-0.39, 0.29) is 28.8 Å². The van der Waals surface area contributed by atoms with Gasteiger partial charge in [0.05, 0.1) is 28.6 Å². The molecule has 2 aromatic rings. The highest BCUT2D eigenvalue weighted by Crippen LogP contribution is 2.68. The second kappa shape index (κ2) is 5.95. The average molecular weight is 380 g/mol. The van der Waals surface area contributed by atoms with E-state index in [4.69, 9.17) is 0 Å². The number of imidazole rings is 1. The fraction of sp³-hybridized carbons (Fsp3) is 0.579. The molecule has 1 saturated heterocycles. The van der Waals surface area contributed by atoms with Crippen LogP contribution in [0.25, 0.3) is 11.0 Å². The van der Waals surface area contributed by atoms with Crippen molar-refractivity contribution in [1.29, 1.82) is 0 Å². The van der Waals surface area contributed by atoms with Crippen LogP contribution >= 0.6 is 0 Å². The number of aryl methyl sites for hydroxylation is 1. The minimum Gasteiger partial charge on any atom is -0.348 e. The molecule has 1 aromatic heterocycles. The van der Waals surface area contributed by atoms with Crippen LogP contribution in [0.5, 0.6) is 0 Å². The molecule has 2 aliphatic rings. The van der Waals surface area contributed by atoms with E-state index in [0.29, 0.717) is 11.3 Å². The Labute approximate surface area is 155 Å². The molecule has 1 spiro atoms. The predicted octanol–water partition coefficient (Wildman–Crippen LogP) is 2.99. The Balaban J connectivity index is 1.49. The summed E-state index contributed by atoms with van der Waals surface area (Å²) in [5, 5.41) is 6.28. The summed E-state index contributed by atoms with van der Waals surface area (Å²) in [6.45, 7) is 4.10. The van der Waals surface area contributed by atoms with Gasteiger partial charge in [-0.1, -0.05) is 6.92 Å². The lowest BCUT2D eigenvalue weighted by Gasteiger charge is -2.27. The highest BCUT2D eigenvalue weighted by molar-refractivity contribution is 5.86. The fourth-order valence-electron chi connectivity index (χ4n) is 4.53. The number of aromatic nitrogens is 2. The van der Waals surface area contributed by atoms with Crippen LogP contribution in [0.1, 0.15) is 37.6 Å². The van der Waals surface area contributed by atoms with Gasteiger partial charge in [0, 0.05) is 7.05 Å². The first kappa shape index (κ1) is 18.3. The lowest BCUT2D eigenvalue weighted by atomic mass is 9.85. The molecule has 0 bridgehead atoms. The fourth-order valence-corrected chi connectivity index (χ4v) is 4.53. The van der Waals surface area contributed by atoms with Crippen molar-refractivity contribution in [2.45, 2.75) is 38.9 Å². The number of hydrogen-bond acceptors (Lipinski definition) is 3. The van der Waals surface area contributed by atoms with E-state index in [1.807, 2.05) is 6.92 Å². The number of carbonyl (C=O) groups excluding carboxylic acids is 1. The highest BCUT2D eigenvalue weighted by Gasteiger charge is 2.67. The van der Waals surface area contributed by atoms with Crippen molar-refractivity contribution in [2.24, 2.45) is 17.9 Å². The summed E-state index contributed by atoms with van der Waals surface area (Å²) in [5.41, 5.74) is -0.0924. The maximum atomic E-state index is 12.9. The first-order valence-electron chi connectivity index (χ1n) is 9.18. The zero-order valence-corrected chi connectivity index (χ0v) is 15.4. The molecule has 1 amide bonds. The van der Waals surface area contributed by atoms with Gasteiger partial charge in [-0.15, -0.1) is 0 Å². The molecule has 27 heavy (non-hydrogen) atoms. The van der Waals surface area contributed by atoms with Gasteiger partial charge in [0.2, 0.25) is 5.91 Å². The zero-order valence-electron chi connectivity index (χ0n) is 15.4.